The summed E-state index contributed by atoms with van der Waals surface area (Å²) in [5.74, 6) is 0.510. The summed E-state index contributed by atoms with van der Waals surface area (Å²) >= 11 is 0. The third-order valence-electron chi connectivity index (χ3n) is 3.86. The van der Waals surface area contributed by atoms with Crippen LogP contribution in [-0.2, 0) is 4.74 Å². The second kappa shape index (κ2) is 4.53. The molecule has 1 aliphatic rings. The third kappa shape index (κ3) is 1.86. The van der Waals surface area contributed by atoms with E-state index in [1.54, 1.807) is 6.07 Å². The molecular weight excluding hydrogens is 278 g/mol. The van der Waals surface area contributed by atoms with Crippen molar-refractivity contribution < 1.29 is 20.1 Å². The van der Waals surface area contributed by atoms with E-state index in [1.807, 2.05) is 0 Å². The molecule has 0 aliphatic carbocycles. The molecule has 1 fully saturated rings. The van der Waals surface area contributed by atoms with Gasteiger partial charge in [-0.25, -0.2) is 9.97 Å². The maximum atomic E-state index is 10.5. The van der Waals surface area contributed by atoms with Gasteiger partial charge in [-0.05, 0) is 13.0 Å². The first kappa shape index (κ1) is 14.0. The first-order valence-electron chi connectivity index (χ1n) is 6.41. The summed E-state index contributed by atoms with van der Waals surface area (Å²) in [6, 6.07) is 1.57. The molecule has 1 saturated heterocycles. The lowest BCUT2D eigenvalue weighted by molar-refractivity contribution is -0.0938. The summed E-state index contributed by atoms with van der Waals surface area (Å²) in [6.07, 6.45) is -1.90. The molecule has 3 rings (SSSR count). The number of rotatable bonds is 2. The van der Waals surface area contributed by atoms with E-state index >= 15 is 0 Å². The minimum Gasteiger partial charge on any atom is -0.394 e. The smallest absolute Gasteiger partial charge is 0.168 e. The van der Waals surface area contributed by atoms with E-state index < -0.39 is 30.6 Å². The molecule has 2 aromatic rings. The van der Waals surface area contributed by atoms with Crippen molar-refractivity contribution in [2.24, 2.45) is 0 Å². The molecule has 0 aromatic carbocycles. The van der Waals surface area contributed by atoms with Gasteiger partial charge >= 0.3 is 0 Å². The Hall–Kier alpha value is -1.94. The number of fused-ring (bicyclic) bond motifs is 1. The van der Waals surface area contributed by atoms with Gasteiger partial charge in [0.25, 0.3) is 0 Å². The van der Waals surface area contributed by atoms with Crippen molar-refractivity contribution in [3.05, 3.63) is 12.4 Å². The average molecular weight is 295 g/mol. The number of nitrogens with two attached hydrogens (primary N) is 2. The van der Waals surface area contributed by atoms with Crippen molar-refractivity contribution in [1.82, 2.24) is 14.5 Å². The molecule has 21 heavy (non-hydrogen) atoms. The fourth-order valence-corrected chi connectivity index (χ4v) is 2.68. The van der Waals surface area contributed by atoms with Gasteiger partial charge in [0.15, 0.2) is 6.23 Å². The second-order valence-corrected chi connectivity index (χ2v) is 5.32. The number of hydrogen-bond acceptors (Lipinski definition) is 8. The van der Waals surface area contributed by atoms with Crippen LogP contribution < -0.4 is 11.5 Å². The van der Waals surface area contributed by atoms with Crippen LogP contribution in [0.25, 0.3) is 11.0 Å². The molecule has 9 heteroatoms. The van der Waals surface area contributed by atoms with Gasteiger partial charge in [-0.15, -0.1) is 0 Å². The molecule has 3 heterocycles. The quantitative estimate of drug-likeness (QED) is 0.453. The zero-order valence-corrected chi connectivity index (χ0v) is 11.3. The number of aromatic nitrogens is 3. The summed E-state index contributed by atoms with van der Waals surface area (Å²) in [5, 5.41) is 30.3. The molecule has 2 aromatic heterocycles. The second-order valence-electron chi connectivity index (χ2n) is 5.32. The minimum atomic E-state index is -1.65. The molecule has 0 amide bonds. The van der Waals surface area contributed by atoms with Crippen LogP contribution in [0, 0.1) is 0 Å². The molecule has 7 N–H and O–H groups in total. The highest BCUT2D eigenvalue weighted by Gasteiger charge is 2.53. The number of aliphatic hydroxyl groups is 3. The summed E-state index contributed by atoms with van der Waals surface area (Å²) in [6.45, 7) is 0.984. The number of nitrogens with zero attached hydrogens (tertiary/aromatic N) is 3. The topological polar surface area (TPSA) is 153 Å². The SMILES string of the molecule is C[C@@]1(O)[C@H](O)[C@@H](CO)O[C@H]1n1c(N)cc2c(N)ncnc21. The third-order valence-corrected chi connectivity index (χ3v) is 3.86. The van der Waals surface area contributed by atoms with E-state index in [-0.39, 0.29) is 11.6 Å². The Labute approximate surface area is 119 Å². The van der Waals surface area contributed by atoms with Crippen LogP contribution in [0.4, 0.5) is 11.6 Å². The highest BCUT2D eigenvalue weighted by molar-refractivity contribution is 5.89. The van der Waals surface area contributed by atoms with E-state index in [0.717, 1.165) is 0 Å². The molecule has 0 radical (unpaired) electrons. The fraction of sp³-hybridized carbons (Fsp3) is 0.500. The molecule has 4 atom stereocenters. The van der Waals surface area contributed by atoms with E-state index in [1.165, 1.54) is 17.8 Å². The average Bonchev–Trinajstić information content (AvgIpc) is 2.87. The summed E-state index contributed by atoms with van der Waals surface area (Å²) < 4.78 is 6.98. The van der Waals surface area contributed by atoms with Gasteiger partial charge in [0.05, 0.1) is 12.0 Å². The van der Waals surface area contributed by atoms with Gasteiger partial charge in [-0.3, -0.25) is 4.57 Å². The molecule has 0 spiro atoms. The van der Waals surface area contributed by atoms with Crippen LogP contribution in [0.1, 0.15) is 13.2 Å². The molecule has 0 bridgehead atoms. The molecular formula is C12H17N5O4. The van der Waals surface area contributed by atoms with Gasteiger partial charge in [0.1, 0.15) is 41.4 Å². The van der Waals surface area contributed by atoms with Gasteiger partial charge in [-0.2, -0.15) is 0 Å². The van der Waals surface area contributed by atoms with Crippen LogP contribution in [0.2, 0.25) is 0 Å². The van der Waals surface area contributed by atoms with Crippen LogP contribution in [0.3, 0.4) is 0 Å². The maximum Gasteiger partial charge on any atom is 0.168 e. The molecule has 1 aliphatic heterocycles. The van der Waals surface area contributed by atoms with Crippen molar-refractivity contribution in [3.63, 3.8) is 0 Å². The number of nitrogen functional groups attached to an aromatic ring is 2. The van der Waals surface area contributed by atoms with Crippen molar-refractivity contribution in [2.75, 3.05) is 18.1 Å². The van der Waals surface area contributed by atoms with Crippen molar-refractivity contribution >= 4 is 22.7 Å². The maximum absolute atomic E-state index is 10.5. The molecule has 114 valence electrons. The molecule has 0 unspecified atom stereocenters. The van der Waals surface area contributed by atoms with Gasteiger partial charge < -0.3 is 31.5 Å². The van der Waals surface area contributed by atoms with Crippen LogP contribution in [0.5, 0.6) is 0 Å². The Morgan fingerprint density at radius 3 is 2.76 bits per heavy atom. The van der Waals surface area contributed by atoms with Gasteiger partial charge in [0, 0.05) is 0 Å². The number of hydrogen-bond donors (Lipinski definition) is 5. The first-order chi connectivity index (χ1) is 9.87. The number of aliphatic hydroxyl groups excluding tert-OH is 2. The summed E-state index contributed by atoms with van der Waals surface area (Å²) in [4.78, 5) is 7.98. The monoisotopic (exact) mass is 295 g/mol. The van der Waals surface area contributed by atoms with Crippen molar-refractivity contribution in [2.45, 2.75) is 31.0 Å². The lowest BCUT2D eigenvalue weighted by Crippen LogP contribution is -2.44. The first-order valence-corrected chi connectivity index (χ1v) is 6.41. The Bertz CT molecular complexity index is 686. The van der Waals surface area contributed by atoms with Crippen molar-refractivity contribution in [3.8, 4) is 0 Å². The predicted octanol–water partition coefficient (Wildman–Crippen LogP) is -1.40. The van der Waals surface area contributed by atoms with E-state index in [4.69, 9.17) is 16.2 Å². The predicted molar refractivity (Wildman–Crippen MR) is 74.0 cm³/mol. The fourth-order valence-electron chi connectivity index (χ4n) is 2.68. The largest absolute Gasteiger partial charge is 0.394 e. The number of ether oxygens (including phenoxy) is 1. The Kier molecular flexibility index (Phi) is 3.02. The Balaban J connectivity index is 2.17. The standard InChI is InChI=1S/C12H17N5O4/c1-12(20)8(19)6(3-18)21-11(12)17-7(13)2-5-9(14)15-4-16-10(5)17/h2,4,6,8,11,18-20H,3,13H2,1H3,(H2,14,15,16)/t6-,8-,11-,12-/m1/s1. The lowest BCUT2D eigenvalue weighted by Gasteiger charge is -2.28. The van der Waals surface area contributed by atoms with E-state index in [9.17, 15) is 15.3 Å². The Morgan fingerprint density at radius 1 is 1.43 bits per heavy atom. The van der Waals surface area contributed by atoms with Crippen LogP contribution in [0.15, 0.2) is 12.4 Å². The zero-order chi connectivity index (χ0) is 15.4. The number of anilines is 2. The van der Waals surface area contributed by atoms with E-state index in [2.05, 4.69) is 9.97 Å². The van der Waals surface area contributed by atoms with Crippen LogP contribution >= 0.6 is 0 Å². The minimum absolute atomic E-state index is 0.252. The summed E-state index contributed by atoms with van der Waals surface area (Å²) in [5.41, 5.74) is 10.5. The summed E-state index contributed by atoms with van der Waals surface area (Å²) in [7, 11) is 0. The van der Waals surface area contributed by atoms with Gasteiger partial charge in [-0.1, -0.05) is 0 Å². The van der Waals surface area contributed by atoms with Crippen LogP contribution in [-0.4, -0.2) is 54.3 Å². The van der Waals surface area contributed by atoms with Crippen molar-refractivity contribution in [1.29, 1.82) is 0 Å². The highest BCUT2D eigenvalue weighted by atomic mass is 16.6. The molecule has 9 nitrogen and oxygen atoms in total. The molecule has 0 saturated carbocycles. The highest BCUT2D eigenvalue weighted by Crippen LogP contribution is 2.41. The van der Waals surface area contributed by atoms with Gasteiger partial charge in [0.2, 0.25) is 0 Å². The Morgan fingerprint density at radius 2 is 2.14 bits per heavy atom. The zero-order valence-electron chi connectivity index (χ0n) is 11.3. The normalized spacial score (nSPS) is 32.9. The van der Waals surface area contributed by atoms with E-state index in [0.29, 0.717) is 11.0 Å². The lowest BCUT2D eigenvalue weighted by atomic mass is 9.96.